The van der Waals surface area contributed by atoms with Crippen molar-refractivity contribution in [1.82, 2.24) is 0 Å². The van der Waals surface area contributed by atoms with E-state index in [1.54, 1.807) is 0 Å². The number of allylic oxidation sites excluding steroid dienone is 2. The molecular formula is C30H48O4. The Balaban J connectivity index is 1.62. The highest BCUT2D eigenvalue weighted by Gasteiger charge is 2.70. The van der Waals surface area contributed by atoms with E-state index in [1.165, 1.54) is 5.57 Å². The zero-order valence-corrected chi connectivity index (χ0v) is 22.6. The fraction of sp³-hybridized carbons (Fsp3) is 0.900. The summed E-state index contributed by atoms with van der Waals surface area (Å²) in [4.78, 5) is 12.8. The third-order valence-corrected chi connectivity index (χ3v) is 13.2. The average Bonchev–Trinajstić information content (AvgIpc) is 2.72. The van der Waals surface area contributed by atoms with Crippen LogP contribution in [0.2, 0.25) is 0 Å². The van der Waals surface area contributed by atoms with Crippen molar-refractivity contribution >= 4 is 5.97 Å². The summed E-state index contributed by atoms with van der Waals surface area (Å²) < 4.78 is 0. The number of hydrogen-bond donors (Lipinski definition) is 3. The van der Waals surface area contributed by atoms with Crippen LogP contribution in [0, 0.1) is 50.2 Å². The summed E-state index contributed by atoms with van der Waals surface area (Å²) in [5.74, 6) is 0.150. The Bertz CT molecular complexity index is 919. The van der Waals surface area contributed by atoms with Gasteiger partial charge in [-0.3, -0.25) is 4.79 Å². The minimum Gasteiger partial charge on any atom is -0.481 e. The Hall–Kier alpha value is -0.870. The molecule has 5 aliphatic carbocycles. The van der Waals surface area contributed by atoms with E-state index < -0.39 is 23.6 Å². The maximum absolute atomic E-state index is 12.8. The number of carbonyl (C=O) groups is 1. The Kier molecular flexibility index (Phi) is 5.20. The van der Waals surface area contributed by atoms with Gasteiger partial charge in [0, 0.05) is 11.8 Å². The molecule has 5 aliphatic rings. The van der Waals surface area contributed by atoms with E-state index in [-0.39, 0.29) is 38.9 Å². The lowest BCUT2D eigenvalue weighted by Gasteiger charge is -2.71. The molecule has 0 aromatic carbocycles. The van der Waals surface area contributed by atoms with E-state index in [1.807, 2.05) is 0 Å². The summed E-state index contributed by atoms with van der Waals surface area (Å²) in [6.45, 7) is 16.3. The maximum atomic E-state index is 12.8. The van der Waals surface area contributed by atoms with Gasteiger partial charge >= 0.3 is 5.97 Å². The molecule has 0 aromatic rings. The maximum Gasteiger partial charge on any atom is 0.310 e. The van der Waals surface area contributed by atoms with Crippen molar-refractivity contribution in [3.8, 4) is 0 Å². The second-order valence-electron chi connectivity index (χ2n) is 15.1. The van der Waals surface area contributed by atoms with Crippen molar-refractivity contribution in [3.63, 3.8) is 0 Å². The molecule has 0 radical (unpaired) electrons. The molecule has 4 heteroatoms. The molecule has 34 heavy (non-hydrogen) atoms. The molecule has 0 heterocycles. The predicted octanol–water partition coefficient (Wildman–Crippen LogP) is 6.20. The Morgan fingerprint density at radius 1 is 0.882 bits per heavy atom. The van der Waals surface area contributed by atoms with Crippen LogP contribution in [0.5, 0.6) is 0 Å². The van der Waals surface area contributed by atoms with Gasteiger partial charge in [0.2, 0.25) is 0 Å². The van der Waals surface area contributed by atoms with E-state index in [9.17, 15) is 20.1 Å². The van der Waals surface area contributed by atoms with Gasteiger partial charge in [0.1, 0.15) is 0 Å². The molecule has 4 saturated carbocycles. The SMILES string of the molecule is CC1(C)CC[C@]2(C(=O)O)CC[C@]3(C)C(=CC[C@@H]4[C@@]5(C)[C@@H](O)C[C@H](O)C(C)(C)[C@@H]5CC[C@]43C)[C@@H]2C1. The summed E-state index contributed by atoms with van der Waals surface area (Å²) >= 11 is 0. The summed E-state index contributed by atoms with van der Waals surface area (Å²) in [5.41, 5.74) is 0.520. The standard InChI is InChI=1S/C30H48O4/c1-25(2)12-14-30(24(33)34)15-13-27(5)18(19(30)17-25)8-9-21-28(27,6)11-10-20-26(3,4)22(31)16-23(32)29(20,21)7/h8,19-23,31-32H,9-17H2,1-7H3,(H,33,34)/t19-,20-,21-,22-,23-,27+,28+,29-,30-/m0/s1. The molecular weight excluding hydrogens is 424 g/mol. The van der Waals surface area contributed by atoms with Gasteiger partial charge < -0.3 is 15.3 Å². The summed E-state index contributed by atoms with van der Waals surface area (Å²) in [5, 5.41) is 32.9. The lowest BCUT2D eigenvalue weighted by atomic mass is 9.33. The first-order valence-electron chi connectivity index (χ1n) is 13.9. The van der Waals surface area contributed by atoms with Crippen LogP contribution in [0.25, 0.3) is 0 Å². The number of aliphatic hydroxyl groups excluding tert-OH is 2. The summed E-state index contributed by atoms with van der Waals surface area (Å²) in [6.07, 6.45) is 9.41. The second-order valence-corrected chi connectivity index (χ2v) is 15.1. The van der Waals surface area contributed by atoms with Gasteiger partial charge in [0.15, 0.2) is 0 Å². The van der Waals surface area contributed by atoms with Crippen LogP contribution < -0.4 is 0 Å². The first-order chi connectivity index (χ1) is 15.6. The van der Waals surface area contributed by atoms with Gasteiger partial charge in [-0.25, -0.2) is 0 Å². The highest BCUT2D eigenvalue weighted by Crippen LogP contribution is 2.75. The number of rotatable bonds is 1. The van der Waals surface area contributed by atoms with Crippen LogP contribution in [0.15, 0.2) is 11.6 Å². The smallest absolute Gasteiger partial charge is 0.310 e. The molecule has 3 N–H and O–H groups in total. The topological polar surface area (TPSA) is 77.8 Å². The van der Waals surface area contributed by atoms with Crippen molar-refractivity contribution < 1.29 is 20.1 Å². The summed E-state index contributed by atoms with van der Waals surface area (Å²) in [7, 11) is 0. The van der Waals surface area contributed by atoms with Crippen molar-refractivity contribution in [2.75, 3.05) is 0 Å². The number of aliphatic hydroxyl groups is 2. The van der Waals surface area contributed by atoms with Crippen molar-refractivity contribution in [2.24, 2.45) is 50.2 Å². The quantitative estimate of drug-likeness (QED) is 0.397. The van der Waals surface area contributed by atoms with Crippen LogP contribution in [0.4, 0.5) is 0 Å². The molecule has 9 atom stereocenters. The second kappa shape index (κ2) is 7.12. The third kappa shape index (κ3) is 2.82. The molecule has 0 spiro atoms. The lowest BCUT2D eigenvalue weighted by molar-refractivity contribution is -0.243. The van der Waals surface area contributed by atoms with E-state index in [4.69, 9.17) is 0 Å². The minimum absolute atomic E-state index is 0.0218. The third-order valence-electron chi connectivity index (χ3n) is 13.2. The summed E-state index contributed by atoms with van der Waals surface area (Å²) in [6, 6.07) is 0. The molecule has 0 aliphatic heterocycles. The fourth-order valence-electron chi connectivity index (χ4n) is 10.6. The zero-order valence-electron chi connectivity index (χ0n) is 22.6. The van der Waals surface area contributed by atoms with Crippen LogP contribution >= 0.6 is 0 Å². The normalized spacial score (nSPS) is 53.4. The highest BCUT2D eigenvalue weighted by molar-refractivity contribution is 5.76. The Morgan fingerprint density at radius 3 is 2.18 bits per heavy atom. The zero-order chi connectivity index (χ0) is 25.1. The first kappa shape index (κ1) is 24.8. The van der Waals surface area contributed by atoms with Crippen molar-refractivity contribution in [1.29, 1.82) is 0 Å². The Morgan fingerprint density at radius 2 is 1.53 bits per heavy atom. The molecule has 4 nitrogen and oxygen atoms in total. The number of fused-ring (bicyclic) bond motifs is 7. The monoisotopic (exact) mass is 472 g/mol. The van der Waals surface area contributed by atoms with Crippen LogP contribution in [-0.4, -0.2) is 33.5 Å². The molecule has 5 rings (SSSR count). The van der Waals surface area contributed by atoms with Crippen LogP contribution in [0.1, 0.15) is 106 Å². The van der Waals surface area contributed by atoms with Crippen molar-refractivity contribution in [2.45, 2.75) is 118 Å². The fourth-order valence-corrected chi connectivity index (χ4v) is 10.6. The van der Waals surface area contributed by atoms with Gasteiger partial charge in [0.25, 0.3) is 0 Å². The highest BCUT2D eigenvalue weighted by atomic mass is 16.4. The van der Waals surface area contributed by atoms with Gasteiger partial charge in [0.05, 0.1) is 17.6 Å². The number of carboxylic acid groups (broad SMARTS) is 1. The van der Waals surface area contributed by atoms with Gasteiger partial charge in [-0.15, -0.1) is 0 Å². The molecule has 192 valence electrons. The predicted molar refractivity (Wildman–Crippen MR) is 134 cm³/mol. The largest absolute Gasteiger partial charge is 0.481 e. The van der Waals surface area contributed by atoms with E-state index in [2.05, 4.69) is 54.5 Å². The molecule has 0 saturated heterocycles. The van der Waals surface area contributed by atoms with Gasteiger partial charge in [-0.1, -0.05) is 60.1 Å². The van der Waals surface area contributed by atoms with Gasteiger partial charge in [-0.05, 0) is 90.8 Å². The molecule has 0 aromatic heterocycles. The molecule has 4 fully saturated rings. The van der Waals surface area contributed by atoms with Crippen LogP contribution in [-0.2, 0) is 4.79 Å². The van der Waals surface area contributed by atoms with E-state index in [0.717, 1.165) is 51.4 Å². The number of aliphatic carboxylic acids is 1. The first-order valence-corrected chi connectivity index (χ1v) is 13.9. The molecule has 0 amide bonds. The average molecular weight is 473 g/mol. The minimum atomic E-state index is -0.610. The van der Waals surface area contributed by atoms with E-state index >= 15 is 0 Å². The number of hydrogen-bond acceptors (Lipinski definition) is 3. The Labute approximate surface area is 206 Å². The lowest BCUT2D eigenvalue weighted by Crippen LogP contribution is -2.68. The van der Waals surface area contributed by atoms with Gasteiger partial charge in [-0.2, -0.15) is 0 Å². The van der Waals surface area contributed by atoms with Crippen LogP contribution in [0.3, 0.4) is 0 Å². The van der Waals surface area contributed by atoms with E-state index in [0.29, 0.717) is 12.3 Å². The molecule has 0 unspecified atom stereocenters. The number of carboxylic acids is 1. The van der Waals surface area contributed by atoms with Crippen molar-refractivity contribution in [3.05, 3.63) is 11.6 Å². The molecule has 0 bridgehead atoms.